The number of pyridine rings is 3. The predicted octanol–water partition coefficient (Wildman–Crippen LogP) is 6.26. The van der Waals surface area contributed by atoms with Gasteiger partial charge < -0.3 is 46.1 Å². The van der Waals surface area contributed by atoms with E-state index in [1.165, 1.54) is 28.9 Å². The van der Waals surface area contributed by atoms with Crippen LogP contribution in [0.2, 0.25) is 0 Å². The molecule has 9 N–H and O–H groups in total. The number of rotatable bonds is 7. The number of nitrogens with zero attached hydrogens (tertiary/aromatic N) is 6. The van der Waals surface area contributed by atoms with E-state index in [9.17, 15) is 52.7 Å². The maximum Gasteiger partial charge on any atom is 0.325 e. The molecule has 15 bridgehead atoms. The third-order valence-corrected chi connectivity index (χ3v) is 21.6. The average Bonchev–Trinajstić information content (AvgIpc) is 0.864. The molecule has 114 heavy (non-hydrogen) atoms. The van der Waals surface area contributed by atoms with Crippen molar-refractivity contribution in [1.82, 2.24) is 78.2 Å². The van der Waals surface area contributed by atoms with Gasteiger partial charge in [0.1, 0.15) is 72.7 Å². The Labute approximate surface area is 660 Å². The summed E-state index contributed by atoms with van der Waals surface area (Å²) in [6, 6.07) is 10.2. The molecule has 602 valence electrons. The normalized spacial score (nSPS) is 27.2. The molecule has 0 aliphatic carbocycles. The molecule has 0 radical (unpaired) electrons. The first kappa shape index (κ1) is 82.1. The molecule has 0 spiro atoms. The number of nitrogens with one attached hydrogen (secondary N) is 9. The number of fused-ring (bicyclic) bond motifs is 12. The summed E-state index contributed by atoms with van der Waals surface area (Å²) in [5, 5.41) is 23.9. The minimum absolute atomic E-state index is 0.101. The third kappa shape index (κ3) is 19.8. The molecule has 3 fully saturated rings. The van der Waals surface area contributed by atoms with E-state index < -0.39 is 156 Å². The molecule has 1 unspecified atom stereocenters. The number of hydrogen-bond acceptors (Lipinski definition) is 21. The highest BCUT2D eigenvalue weighted by molar-refractivity contribution is 5.97. The molecular weight excluding hydrogens is 1460 g/mol. The number of carbonyl (C=O) groups excluding carboxylic acids is 12. The van der Waals surface area contributed by atoms with Crippen LogP contribution in [0, 0.1) is 17.8 Å². The van der Waals surface area contributed by atoms with Crippen LogP contribution in [-0.4, -0.2) is 175 Å². The number of aromatic nitrogens is 3. The maximum absolute atomic E-state index is 15.4. The van der Waals surface area contributed by atoms with Gasteiger partial charge in [-0.2, -0.15) is 0 Å². The van der Waals surface area contributed by atoms with E-state index in [0.717, 1.165) is 16.3 Å². The van der Waals surface area contributed by atoms with Gasteiger partial charge in [0.2, 0.25) is 35.4 Å². The molecule has 30 heteroatoms. The molecule has 6 aliphatic heterocycles. The van der Waals surface area contributed by atoms with E-state index in [1.54, 1.807) is 129 Å². The van der Waals surface area contributed by atoms with Crippen LogP contribution in [-0.2, 0) is 84.6 Å². The van der Waals surface area contributed by atoms with Crippen LogP contribution in [0.25, 0.3) is 50.8 Å². The van der Waals surface area contributed by atoms with Gasteiger partial charge in [-0.1, -0.05) is 89.3 Å². The number of hydrogen-bond donors (Lipinski definition) is 9. The highest BCUT2D eigenvalue weighted by Crippen LogP contribution is 2.32. The Hall–Kier alpha value is -11.4. The number of carbonyl (C=O) groups is 12. The molecule has 3 aromatic carbocycles. The molecule has 6 aromatic rings. The lowest BCUT2D eigenvalue weighted by Gasteiger charge is -2.36. The summed E-state index contributed by atoms with van der Waals surface area (Å²) >= 11 is 0. The zero-order valence-corrected chi connectivity index (χ0v) is 65.8. The van der Waals surface area contributed by atoms with Gasteiger partial charge >= 0.3 is 17.9 Å². The van der Waals surface area contributed by atoms with Gasteiger partial charge in [-0.25, -0.2) is 21.3 Å². The van der Waals surface area contributed by atoms with Gasteiger partial charge in [0.05, 0.1) is 22.4 Å². The second-order valence-electron chi connectivity index (χ2n) is 31.2. The SMILES string of the molecule is CC(C)[C@@H]1NC(=O)C/C=C/c2cc(CC(C)[C@@H]3NC(=O)C/C=C/c4ccc5c(C[C@@H]6NC(=O)[C@H](C(C)C)NC(=O)C/C=C\c7cc8cc(ccc8cn7)[C@@H](C)OC(=O)[C@@H]7CCCN(N7)C6=O)cc(nc5c4)[C@@H](C)OC(=O)[C@@H]4CCCN(N4)C(=O)[C@H](C)NC3=O)c3ncc(cc3c2)[C@@H](C)OC(=O)[C@@H]2CCCN(N2)C(=O)[C@H](C)NC1=O. The summed E-state index contributed by atoms with van der Waals surface area (Å²) in [5.74, 6) is -8.49. The van der Waals surface area contributed by atoms with Crippen LogP contribution in [0.1, 0.15) is 190 Å². The summed E-state index contributed by atoms with van der Waals surface area (Å²) in [6.07, 6.45) is 12.4. The third-order valence-electron chi connectivity index (χ3n) is 21.6. The lowest BCUT2D eigenvalue weighted by atomic mass is 9.90. The van der Waals surface area contributed by atoms with E-state index >= 15 is 4.79 Å². The first-order valence-corrected chi connectivity index (χ1v) is 39.4. The number of hydrazine groups is 3. The van der Waals surface area contributed by atoms with Crippen LogP contribution >= 0.6 is 0 Å². The summed E-state index contributed by atoms with van der Waals surface area (Å²) in [7, 11) is 0. The topological polar surface area (TPSA) is 389 Å². The fourth-order valence-corrected chi connectivity index (χ4v) is 15.2. The molecular formula is C84H101N15O15. The van der Waals surface area contributed by atoms with Gasteiger partial charge in [-0.05, 0) is 179 Å². The van der Waals surface area contributed by atoms with Gasteiger partial charge in [0.15, 0.2) is 0 Å². The van der Waals surface area contributed by atoms with Crippen LogP contribution in [0.4, 0.5) is 0 Å². The minimum Gasteiger partial charge on any atom is -0.457 e. The van der Waals surface area contributed by atoms with Gasteiger partial charge in [-0.15, -0.1) is 0 Å². The van der Waals surface area contributed by atoms with E-state index in [-0.39, 0.29) is 69.8 Å². The van der Waals surface area contributed by atoms with Crippen molar-refractivity contribution < 1.29 is 71.7 Å². The van der Waals surface area contributed by atoms with Crippen LogP contribution in [0.5, 0.6) is 0 Å². The Bertz CT molecular complexity index is 4850. The van der Waals surface area contributed by atoms with Crippen molar-refractivity contribution >= 4 is 122 Å². The fourth-order valence-electron chi connectivity index (χ4n) is 15.2. The van der Waals surface area contributed by atoms with E-state index in [2.05, 4.69) is 53.2 Å². The van der Waals surface area contributed by atoms with Crippen LogP contribution in [0.15, 0.2) is 97.4 Å². The lowest BCUT2D eigenvalue weighted by molar-refractivity contribution is -0.158. The van der Waals surface area contributed by atoms with Crippen molar-refractivity contribution in [3.05, 3.63) is 142 Å². The summed E-state index contributed by atoms with van der Waals surface area (Å²) in [4.78, 5) is 186. The van der Waals surface area contributed by atoms with Gasteiger partial charge in [0, 0.05) is 79.4 Å². The molecule has 9 heterocycles. The van der Waals surface area contributed by atoms with Crippen LogP contribution in [0.3, 0.4) is 0 Å². The zero-order chi connectivity index (χ0) is 81.3. The number of esters is 3. The Morgan fingerprint density at radius 2 is 0.965 bits per heavy atom. The van der Waals surface area contributed by atoms with E-state index in [4.69, 9.17) is 24.2 Å². The molecule has 3 saturated heterocycles. The Kier molecular flexibility index (Phi) is 26.1. The van der Waals surface area contributed by atoms with Crippen molar-refractivity contribution in [3.63, 3.8) is 0 Å². The van der Waals surface area contributed by atoms with Gasteiger partial charge in [0.25, 0.3) is 17.7 Å². The minimum atomic E-state index is -1.36. The number of ether oxygens (including phenoxy) is 3. The second-order valence-corrected chi connectivity index (χ2v) is 31.2. The molecule has 9 amide bonds. The Morgan fingerprint density at radius 3 is 1.54 bits per heavy atom. The molecule has 3 aromatic heterocycles. The number of benzene rings is 3. The maximum atomic E-state index is 15.4. The number of cyclic esters (lactones) is 3. The first-order valence-electron chi connectivity index (χ1n) is 39.4. The van der Waals surface area contributed by atoms with Crippen molar-refractivity contribution in [1.29, 1.82) is 0 Å². The van der Waals surface area contributed by atoms with Crippen molar-refractivity contribution in [2.75, 3.05) is 19.6 Å². The van der Waals surface area contributed by atoms with Gasteiger partial charge in [-0.3, -0.25) is 82.5 Å². The molecule has 12 rings (SSSR count). The highest BCUT2D eigenvalue weighted by Gasteiger charge is 2.40. The first-order chi connectivity index (χ1) is 54.5. The van der Waals surface area contributed by atoms with E-state index in [1.807, 2.05) is 42.5 Å². The van der Waals surface area contributed by atoms with Crippen molar-refractivity contribution in [3.8, 4) is 0 Å². The summed E-state index contributed by atoms with van der Waals surface area (Å²) in [6.45, 7) is 17.6. The monoisotopic (exact) mass is 1560 g/mol. The van der Waals surface area contributed by atoms with Crippen LogP contribution < -0.4 is 48.2 Å². The molecule has 13 atom stereocenters. The summed E-state index contributed by atoms with van der Waals surface area (Å²) in [5.41, 5.74) is 14.4. The quantitative estimate of drug-likeness (QED) is 0.0628. The summed E-state index contributed by atoms with van der Waals surface area (Å²) < 4.78 is 18.3. The fraction of sp³-hybridized carbons (Fsp3) is 0.464. The molecule has 30 nitrogen and oxygen atoms in total. The Morgan fingerprint density at radius 1 is 0.456 bits per heavy atom. The highest BCUT2D eigenvalue weighted by atomic mass is 16.6. The molecule has 0 saturated carbocycles. The second kappa shape index (κ2) is 36.2. The largest absolute Gasteiger partial charge is 0.457 e. The number of amides is 9. The van der Waals surface area contributed by atoms with Crippen molar-refractivity contribution in [2.45, 2.75) is 213 Å². The van der Waals surface area contributed by atoms with Crippen molar-refractivity contribution in [2.24, 2.45) is 17.8 Å². The Balaban J connectivity index is 0.846. The average molecular weight is 1560 g/mol. The smallest absolute Gasteiger partial charge is 0.325 e. The standard InChI is InChI=1S/C84H101N15O15/c1-44(2)72-76(103)87-47(6)79(106)97-30-14-20-63(94-97)83(110)113-50(9)60-38-59-35-53(18-12-24-69(100)91-72)34-58(75(59)86-43-60)33-46(5)74-78(105)88-48(7)80(107)98-31-15-21-65(95-98)84(111)114-51(10)66-40-57(62-29-26-52(36-67(62)89-66)17-11-23-71(102)93-74)41-68-81(108)99-32-16-22-64(96-99)82(109)112-49(8)54-27-28-55-42-85-61(39-56(55)37-54)19-13-25-70(101)92-73(45(3)4)77(104)90-68/h11-13,17-19,26-29,34-40,42-51,63-65,68,72-74,94-96H,14-16,20-25,30-33,41H2,1-10H3,(H,87,103)(H,88,105)(H,90,104)(H,91,100)(H,92,101)(H,93,102)/b17-11+,18-12+,19-13-/t46?,47-,48-,49+,50+,51+,63-,64-,65-,68-,72-,73-,74-/m0/s1. The zero-order valence-electron chi connectivity index (χ0n) is 65.8. The van der Waals surface area contributed by atoms with E-state index in [0.29, 0.717) is 87.4 Å². The predicted molar refractivity (Wildman–Crippen MR) is 422 cm³/mol. The lowest BCUT2D eigenvalue weighted by Crippen LogP contribution is -2.62. The molecule has 6 aliphatic rings.